The highest BCUT2D eigenvalue weighted by molar-refractivity contribution is 7.99. The number of thioether (sulfide) groups is 1. The van der Waals surface area contributed by atoms with Crippen molar-refractivity contribution in [2.45, 2.75) is 43.1 Å². The van der Waals surface area contributed by atoms with E-state index >= 15 is 0 Å². The van der Waals surface area contributed by atoms with E-state index in [9.17, 15) is 9.90 Å². The number of hydrogen-bond acceptors (Lipinski definition) is 7. The lowest BCUT2D eigenvalue weighted by molar-refractivity contribution is -0.319. The van der Waals surface area contributed by atoms with Crippen molar-refractivity contribution in [2.24, 2.45) is 0 Å². The van der Waals surface area contributed by atoms with Gasteiger partial charge in [-0.1, -0.05) is 37.3 Å². The summed E-state index contributed by atoms with van der Waals surface area (Å²) in [4.78, 5) is 11.7. The number of benzene rings is 1. The molecule has 0 radical (unpaired) electrons. The van der Waals surface area contributed by atoms with Crippen molar-refractivity contribution in [2.75, 3.05) is 18.2 Å². The fourth-order valence-corrected chi connectivity index (χ4v) is 3.93. The molecule has 6 nitrogen and oxygen atoms in total. The maximum atomic E-state index is 11.7. The number of aliphatic hydroxyl groups excluding tert-OH is 1. The molecule has 0 aliphatic carbocycles. The predicted octanol–water partition coefficient (Wildman–Crippen LogP) is 2.09. The Kier molecular flexibility index (Phi) is 6.60. The van der Waals surface area contributed by atoms with Gasteiger partial charge in [-0.05, 0) is 5.75 Å². The van der Waals surface area contributed by atoms with Crippen LogP contribution in [0.5, 0.6) is 0 Å². The molecular formula is C17H21ClO6S. The molecule has 0 unspecified atom stereocenters. The van der Waals surface area contributed by atoms with Gasteiger partial charge in [-0.3, -0.25) is 4.79 Å². The summed E-state index contributed by atoms with van der Waals surface area (Å²) < 4.78 is 23.1. The zero-order valence-electron chi connectivity index (χ0n) is 13.7. The Bertz CT molecular complexity index is 574. The van der Waals surface area contributed by atoms with Crippen LogP contribution in [0.2, 0.25) is 0 Å². The van der Waals surface area contributed by atoms with Crippen molar-refractivity contribution in [3.63, 3.8) is 0 Å². The Morgan fingerprint density at radius 1 is 1.36 bits per heavy atom. The second kappa shape index (κ2) is 8.70. The van der Waals surface area contributed by atoms with Crippen LogP contribution < -0.4 is 0 Å². The van der Waals surface area contributed by atoms with Crippen LogP contribution in [0.4, 0.5) is 0 Å². The highest BCUT2D eigenvalue weighted by atomic mass is 35.5. The number of hydrogen-bond donors (Lipinski definition) is 1. The second-order valence-electron chi connectivity index (χ2n) is 5.75. The van der Waals surface area contributed by atoms with E-state index in [0.29, 0.717) is 0 Å². The normalized spacial score (nSPS) is 35.0. The maximum absolute atomic E-state index is 11.7. The summed E-state index contributed by atoms with van der Waals surface area (Å²) >= 11 is 7.00. The first kappa shape index (κ1) is 18.9. The Morgan fingerprint density at radius 3 is 2.80 bits per heavy atom. The molecule has 6 atom stereocenters. The predicted molar refractivity (Wildman–Crippen MR) is 93.4 cm³/mol. The lowest BCUT2D eigenvalue weighted by Crippen LogP contribution is -2.62. The van der Waals surface area contributed by atoms with Crippen molar-refractivity contribution in [3.05, 3.63) is 35.9 Å². The number of ether oxygens (including phenoxy) is 4. The molecule has 1 aromatic carbocycles. The number of halogens is 1. The fraction of sp³-hybridized carbons (Fsp3) is 0.588. The molecule has 1 aromatic rings. The summed E-state index contributed by atoms with van der Waals surface area (Å²) in [6, 6.07) is 9.46. The van der Waals surface area contributed by atoms with Crippen molar-refractivity contribution < 1.29 is 28.8 Å². The molecule has 1 N–H and O–H groups in total. The van der Waals surface area contributed by atoms with E-state index in [4.69, 9.17) is 30.5 Å². The van der Waals surface area contributed by atoms with Gasteiger partial charge in [0.05, 0.1) is 6.61 Å². The Morgan fingerprint density at radius 2 is 2.12 bits per heavy atom. The minimum absolute atomic E-state index is 0.284. The van der Waals surface area contributed by atoms with E-state index in [1.54, 1.807) is 0 Å². The number of carbonyl (C=O) groups is 1. The molecule has 3 rings (SSSR count). The van der Waals surface area contributed by atoms with E-state index in [1.807, 2.05) is 37.3 Å². The average Bonchev–Trinajstić information content (AvgIpc) is 2.65. The number of aliphatic hydroxyl groups is 1. The quantitative estimate of drug-likeness (QED) is 0.611. The van der Waals surface area contributed by atoms with E-state index < -0.39 is 42.1 Å². The molecule has 0 amide bonds. The van der Waals surface area contributed by atoms with Crippen LogP contribution in [-0.2, 0) is 23.7 Å². The molecule has 8 heteroatoms. The van der Waals surface area contributed by atoms with Crippen molar-refractivity contribution in [1.29, 1.82) is 0 Å². The maximum Gasteiger partial charge on any atom is 0.321 e. The molecule has 138 valence electrons. The molecule has 25 heavy (non-hydrogen) atoms. The smallest absolute Gasteiger partial charge is 0.321 e. The van der Waals surface area contributed by atoms with E-state index in [-0.39, 0.29) is 12.5 Å². The monoisotopic (exact) mass is 388 g/mol. The van der Waals surface area contributed by atoms with Crippen molar-refractivity contribution in [3.8, 4) is 0 Å². The third-order valence-electron chi connectivity index (χ3n) is 4.09. The third-order valence-corrected chi connectivity index (χ3v) is 5.36. The van der Waals surface area contributed by atoms with Crippen molar-refractivity contribution >= 4 is 29.3 Å². The lowest BCUT2D eigenvalue weighted by atomic mass is 9.98. The Labute approximate surface area is 155 Å². The molecule has 2 aliphatic heterocycles. The first-order chi connectivity index (χ1) is 12.1. The van der Waals surface area contributed by atoms with Gasteiger partial charge in [0.2, 0.25) is 0 Å². The summed E-state index contributed by atoms with van der Waals surface area (Å²) in [6.07, 6.45) is -3.53. The number of esters is 1. The van der Waals surface area contributed by atoms with Gasteiger partial charge >= 0.3 is 5.97 Å². The number of carbonyl (C=O) groups excluding carboxylic acids is 1. The van der Waals surface area contributed by atoms with E-state index in [0.717, 1.165) is 11.3 Å². The lowest BCUT2D eigenvalue weighted by Gasteiger charge is -2.47. The zero-order valence-corrected chi connectivity index (χ0v) is 15.3. The fourth-order valence-electron chi connectivity index (χ4n) is 2.96. The summed E-state index contributed by atoms with van der Waals surface area (Å²) in [6.45, 7) is 2.25. The van der Waals surface area contributed by atoms with Gasteiger partial charge in [0.1, 0.15) is 29.6 Å². The van der Waals surface area contributed by atoms with Crippen molar-refractivity contribution in [1.82, 2.24) is 0 Å². The molecule has 0 spiro atoms. The molecule has 2 heterocycles. The highest BCUT2D eigenvalue weighted by Gasteiger charge is 2.51. The standard InChI is InChI=1S/C17H21ClO6S/c1-2-25-17-13(20)15(23-12(19)8-18)14-11(22-17)9-21-16(24-14)10-6-4-3-5-7-10/h3-7,11,13-17,20H,2,8-9H2,1H3/t11-,13-,14+,15-,16+,17+/m1/s1. The molecular weight excluding hydrogens is 368 g/mol. The molecule has 0 aromatic heterocycles. The second-order valence-corrected chi connectivity index (χ2v) is 7.40. The minimum Gasteiger partial charge on any atom is -0.456 e. The molecule has 2 saturated heterocycles. The topological polar surface area (TPSA) is 74.2 Å². The van der Waals surface area contributed by atoms with Crippen LogP contribution in [-0.4, -0.2) is 59.2 Å². The van der Waals surface area contributed by atoms with Gasteiger partial charge < -0.3 is 24.1 Å². The van der Waals surface area contributed by atoms with Gasteiger partial charge in [0.25, 0.3) is 0 Å². The van der Waals surface area contributed by atoms with E-state index in [2.05, 4.69) is 0 Å². The van der Waals surface area contributed by atoms with Crippen LogP contribution in [0.1, 0.15) is 18.8 Å². The van der Waals surface area contributed by atoms with E-state index in [1.165, 1.54) is 11.8 Å². The molecule has 2 fully saturated rings. The summed E-state index contributed by atoms with van der Waals surface area (Å²) in [7, 11) is 0. The van der Waals surface area contributed by atoms with Gasteiger partial charge in [0, 0.05) is 5.56 Å². The number of alkyl halides is 1. The van der Waals surface area contributed by atoms with Gasteiger partial charge in [-0.25, -0.2) is 0 Å². The van der Waals surface area contributed by atoms with Crippen LogP contribution in [0.25, 0.3) is 0 Å². The molecule has 2 aliphatic rings. The van der Waals surface area contributed by atoms with Gasteiger partial charge in [0.15, 0.2) is 12.4 Å². The first-order valence-corrected chi connectivity index (χ1v) is 9.75. The molecule has 0 bridgehead atoms. The van der Waals surface area contributed by atoms with Gasteiger partial charge in [-0.15, -0.1) is 23.4 Å². The van der Waals surface area contributed by atoms with Gasteiger partial charge in [-0.2, -0.15) is 0 Å². The summed E-state index contributed by atoms with van der Waals surface area (Å²) in [5.41, 5.74) is 0.336. The Balaban J connectivity index is 1.79. The SMILES string of the molecule is CCS[C@@H]1O[C@@H]2CO[C@H](c3ccccc3)O[C@@H]2[C@H](OC(=O)CCl)[C@H]1O. The zero-order chi connectivity index (χ0) is 17.8. The van der Waals surface area contributed by atoms with Crippen LogP contribution in [0.3, 0.4) is 0 Å². The Hall–Kier alpha value is -0.830. The largest absolute Gasteiger partial charge is 0.456 e. The summed E-state index contributed by atoms with van der Waals surface area (Å²) in [5.74, 6) is -0.132. The van der Waals surface area contributed by atoms with Crippen LogP contribution in [0.15, 0.2) is 30.3 Å². The number of rotatable bonds is 5. The average molecular weight is 389 g/mol. The molecule has 0 saturated carbocycles. The highest BCUT2D eigenvalue weighted by Crippen LogP contribution is 2.37. The summed E-state index contributed by atoms with van der Waals surface area (Å²) in [5, 5.41) is 10.6. The first-order valence-electron chi connectivity index (χ1n) is 8.16. The van der Waals surface area contributed by atoms with Crippen LogP contribution >= 0.6 is 23.4 Å². The number of fused-ring (bicyclic) bond motifs is 1. The minimum atomic E-state index is -1.01. The van der Waals surface area contributed by atoms with Crippen LogP contribution in [0, 0.1) is 0 Å². The third kappa shape index (κ3) is 4.30.